The van der Waals surface area contributed by atoms with E-state index < -0.39 is 0 Å². The molecule has 0 saturated heterocycles. The largest absolute Gasteiger partial charge is 0.344 e. The molecule has 0 amide bonds. The Balaban J connectivity index is 2.60. The van der Waals surface area contributed by atoms with Gasteiger partial charge in [-0.05, 0) is 18.8 Å². The van der Waals surface area contributed by atoms with Crippen molar-refractivity contribution in [2.45, 2.75) is 33.2 Å². The van der Waals surface area contributed by atoms with E-state index >= 15 is 0 Å². The van der Waals surface area contributed by atoms with Gasteiger partial charge in [-0.15, -0.1) is 0 Å². The van der Waals surface area contributed by atoms with Gasteiger partial charge in [-0.2, -0.15) is 0 Å². The van der Waals surface area contributed by atoms with Crippen LogP contribution in [0, 0.1) is 5.92 Å². The lowest BCUT2D eigenvalue weighted by Crippen LogP contribution is -1.98. The Morgan fingerprint density at radius 1 is 1.54 bits per heavy atom. The predicted molar refractivity (Wildman–Crippen MR) is 54.6 cm³/mol. The van der Waals surface area contributed by atoms with Crippen LogP contribution in [0.2, 0.25) is 5.15 Å². The Kier molecular flexibility index (Phi) is 3.75. The molecular formula is C9H16ClN3. The maximum absolute atomic E-state index is 5.91. The molecule has 1 heterocycles. The average Bonchev–Trinajstić information content (AvgIpc) is 2.43. The number of hydrogen-bond acceptors (Lipinski definition) is 2. The molecule has 0 radical (unpaired) electrons. The third-order valence-electron chi connectivity index (χ3n) is 1.94. The molecule has 13 heavy (non-hydrogen) atoms. The smallest absolute Gasteiger partial charge is 0.150 e. The molecule has 3 N–H and O–H groups in total. The van der Waals surface area contributed by atoms with Crippen molar-refractivity contribution in [2.75, 3.05) is 0 Å². The van der Waals surface area contributed by atoms with Gasteiger partial charge < -0.3 is 10.7 Å². The number of nitrogens with one attached hydrogen (secondary N) is 1. The highest BCUT2D eigenvalue weighted by molar-refractivity contribution is 6.30. The van der Waals surface area contributed by atoms with Crippen LogP contribution in [-0.2, 0) is 13.0 Å². The zero-order chi connectivity index (χ0) is 9.84. The fourth-order valence-corrected chi connectivity index (χ4v) is 1.38. The zero-order valence-corrected chi connectivity index (χ0v) is 8.86. The molecule has 0 bridgehead atoms. The molecule has 1 aromatic rings. The number of aromatic amines is 1. The SMILES string of the molecule is CC(C)CCc1[nH]c(CN)nc1Cl. The number of hydrogen-bond donors (Lipinski definition) is 2. The van der Waals surface area contributed by atoms with Crippen LogP contribution in [-0.4, -0.2) is 9.97 Å². The Bertz CT molecular complexity index is 268. The summed E-state index contributed by atoms with van der Waals surface area (Å²) >= 11 is 5.91. The first-order valence-corrected chi connectivity index (χ1v) is 4.94. The van der Waals surface area contributed by atoms with Gasteiger partial charge in [0, 0.05) is 0 Å². The normalized spacial score (nSPS) is 11.2. The van der Waals surface area contributed by atoms with Crippen LogP contribution >= 0.6 is 11.6 Å². The fraction of sp³-hybridized carbons (Fsp3) is 0.667. The number of rotatable bonds is 4. The third kappa shape index (κ3) is 3.01. The molecule has 0 fully saturated rings. The monoisotopic (exact) mass is 201 g/mol. The predicted octanol–water partition coefficient (Wildman–Crippen LogP) is 2.11. The minimum Gasteiger partial charge on any atom is -0.344 e. The highest BCUT2D eigenvalue weighted by atomic mass is 35.5. The summed E-state index contributed by atoms with van der Waals surface area (Å²) in [5, 5.41) is 0.570. The van der Waals surface area contributed by atoms with Gasteiger partial charge >= 0.3 is 0 Å². The summed E-state index contributed by atoms with van der Waals surface area (Å²) in [6, 6.07) is 0. The number of H-pyrrole nitrogens is 1. The maximum Gasteiger partial charge on any atom is 0.150 e. The van der Waals surface area contributed by atoms with Crippen LogP contribution in [0.15, 0.2) is 0 Å². The quantitative estimate of drug-likeness (QED) is 0.784. The summed E-state index contributed by atoms with van der Waals surface area (Å²) < 4.78 is 0. The second-order valence-corrected chi connectivity index (χ2v) is 3.95. The van der Waals surface area contributed by atoms with Gasteiger partial charge in [0.05, 0.1) is 12.2 Å². The third-order valence-corrected chi connectivity index (χ3v) is 2.25. The second kappa shape index (κ2) is 4.63. The molecule has 0 saturated carbocycles. The fourth-order valence-electron chi connectivity index (χ4n) is 1.14. The van der Waals surface area contributed by atoms with E-state index in [-0.39, 0.29) is 0 Å². The van der Waals surface area contributed by atoms with Crippen molar-refractivity contribution in [3.8, 4) is 0 Å². The van der Waals surface area contributed by atoms with Crippen molar-refractivity contribution >= 4 is 11.6 Å². The Morgan fingerprint density at radius 3 is 2.69 bits per heavy atom. The number of nitrogens with zero attached hydrogens (tertiary/aromatic N) is 1. The average molecular weight is 202 g/mol. The molecule has 3 nitrogen and oxygen atoms in total. The minimum atomic E-state index is 0.418. The van der Waals surface area contributed by atoms with Crippen molar-refractivity contribution in [3.05, 3.63) is 16.7 Å². The molecule has 1 rings (SSSR count). The van der Waals surface area contributed by atoms with Crippen molar-refractivity contribution in [2.24, 2.45) is 11.7 Å². The number of aryl methyl sites for hydroxylation is 1. The van der Waals surface area contributed by atoms with Gasteiger partial charge in [0.15, 0.2) is 0 Å². The van der Waals surface area contributed by atoms with Crippen molar-refractivity contribution in [1.82, 2.24) is 9.97 Å². The summed E-state index contributed by atoms with van der Waals surface area (Å²) in [4.78, 5) is 7.21. The number of halogens is 1. The Morgan fingerprint density at radius 2 is 2.23 bits per heavy atom. The van der Waals surface area contributed by atoms with Crippen molar-refractivity contribution in [1.29, 1.82) is 0 Å². The highest BCUT2D eigenvalue weighted by Gasteiger charge is 2.07. The highest BCUT2D eigenvalue weighted by Crippen LogP contribution is 2.16. The lowest BCUT2D eigenvalue weighted by molar-refractivity contribution is 0.582. The van der Waals surface area contributed by atoms with Crippen LogP contribution in [0.5, 0.6) is 0 Å². The van der Waals surface area contributed by atoms with E-state index in [1.54, 1.807) is 0 Å². The van der Waals surface area contributed by atoms with Gasteiger partial charge in [0.25, 0.3) is 0 Å². The van der Waals surface area contributed by atoms with Gasteiger partial charge in [-0.3, -0.25) is 0 Å². The summed E-state index contributed by atoms with van der Waals surface area (Å²) in [7, 11) is 0. The molecule has 0 aliphatic carbocycles. The van der Waals surface area contributed by atoms with Crippen LogP contribution in [0.4, 0.5) is 0 Å². The maximum atomic E-state index is 5.91. The van der Waals surface area contributed by atoms with Crippen LogP contribution in [0.1, 0.15) is 31.8 Å². The first-order valence-electron chi connectivity index (χ1n) is 4.56. The van der Waals surface area contributed by atoms with E-state index in [2.05, 4.69) is 23.8 Å². The van der Waals surface area contributed by atoms with E-state index in [0.717, 1.165) is 24.4 Å². The van der Waals surface area contributed by atoms with Crippen LogP contribution in [0.3, 0.4) is 0 Å². The minimum absolute atomic E-state index is 0.418. The molecule has 0 unspecified atom stereocenters. The first kappa shape index (κ1) is 10.5. The lowest BCUT2D eigenvalue weighted by Gasteiger charge is -2.01. The molecule has 0 aliphatic rings. The zero-order valence-electron chi connectivity index (χ0n) is 8.10. The summed E-state index contributed by atoms with van der Waals surface area (Å²) in [6.07, 6.45) is 2.06. The summed E-state index contributed by atoms with van der Waals surface area (Å²) in [5.41, 5.74) is 6.45. The molecule has 74 valence electrons. The van der Waals surface area contributed by atoms with Crippen molar-refractivity contribution < 1.29 is 0 Å². The molecule has 0 aliphatic heterocycles. The van der Waals surface area contributed by atoms with E-state index in [1.807, 2.05) is 0 Å². The Hall–Kier alpha value is -0.540. The van der Waals surface area contributed by atoms with Gasteiger partial charge in [-0.25, -0.2) is 4.98 Å². The van der Waals surface area contributed by atoms with Gasteiger partial charge in [-0.1, -0.05) is 25.4 Å². The van der Waals surface area contributed by atoms with E-state index in [1.165, 1.54) is 0 Å². The number of imidazole rings is 1. The van der Waals surface area contributed by atoms with E-state index in [0.29, 0.717) is 17.6 Å². The molecule has 0 aromatic carbocycles. The molecule has 0 spiro atoms. The molecular weight excluding hydrogens is 186 g/mol. The molecule has 1 aromatic heterocycles. The van der Waals surface area contributed by atoms with Crippen LogP contribution in [0.25, 0.3) is 0 Å². The molecule has 4 heteroatoms. The molecule has 0 atom stereocenters. The summed E-state index contributed by atoms with van der Waals surface area (Å²) in [5.74, 6) is 1.45. The first-order chi connectivity index (χ1) is 6.13. The van der Waals surface area contributed by atoms with E-state index in [9.17, 15) is 0 Å². The summed E-state index contributed by atoms with van der Waals surface area (Å²) in [6.45, 7) is 4.80. The number of aromatic nitrogens is 2. The van der Waals surface area contributed by atoms with Crippen LogP contribution < -0.4 is 5.73 Å². The Labute approximate surface area is 83.7 Å². The topological polar surface area (TPSA) is 54.7 Å². The van der Waals surface area contributed by atoms with Gasteiger partial charge in [0.2, 0.25) is 0 Å². The van der Waals surface area contributed by atoms with E-state index in [4.69, 9.17) is 17.3 Å². The number of nitrogens with two attached hydrogens (primary N) is 1. The standard InChI is InChI=1S/C9H16ClN3/c1-6(2)3-4-7-9(10)13-8(5-11)12-7/h6H,3-5,11H2,1-2H3,(H,12,13). The van der Waals surface area contributed by atoms with Gasteiger partial charge in [0.1, 0.15) is 11.0 Å². The second-order valence-electron chi connectivity index (χ2n) is 3.59. The lowest BCUT2D eigenvalue weighted by atomic mass is 10.1. The van der Waals surface area contributed by atoms with Crippen molar-refractivity contribution in [3.63, 3.8) is 0 Å².